The highest BCUT2D eigenvalue weighted by molar-refractivity contribution is 5.83. The number of piperidine rings is 2. The van der Waals surface area contributed by atoms with E-state index in [0.717, 1.165) is 41.7 Å². The number of carbonyl (C=O) groups is 1. The summed E-state index contributed by atoms with van der Waals surface area (Å²) in [5.41, 5.74) is -2.05. The smallest absolute Gasteiger partial charge is 0.329 e. The van der Waals surface area contributed by atoms with Gasteiger partial charge in [-0.15, -0.1) is 0 Å². The van der Waals surface area contributed by atoms with Crippen LogP contribution in [-0.2, 0) is 4.79 Å². The minimum Gasteiger partial charge on any atom is -0.348 e. The van der Waals surface area contributed by atoms with E-state index in [2.05, 4.69) is 15.6 Å². The molecule has 1 saturated carbocycles. The van der Waals surface area contributed by atoms with Crippen molar-refractivity contribution in [3.8, 4) is 0 Å². The first-order valence-corrected chi connectivity index (χ1v) is 11.6. The van der Waals surface area contributed by atoms with Gasteiger partial charge in [0.15, 0.2) is 0 Å². The van der Waals surface area contributed by atoms with Gasteiger partial charge in [-0.25, -0.2) is 22.5 Å². The number of aromatic amines is 1. The van der Waals surface area contributed by atoms with Crippen LogP contribution in [0.15, 0.2) is 46.0 Å². The summed E-state index contributed by atoms with van der Waals surface area (Å²) in [6, 6.07) is 4.78. The number of halogens is 3. The van der Waals surface area contributed by atoms with E-state index in [1.54, 1.807) is 6.92 Å². The monoisotopic (exact) mass is 486 g/mol. The second-order valence-electron chi connectivity index (χ2n) is 9.61. The van der Waals surface area contributed by atoms with E-state index in [-0.39, 0.29) is 16.5 Å². The van der Waals surface area contributed by atoms with Gasteiger partial charge in [-0.3, -0.25) is 9.59 Å². The lowest BCUT2D eigenvalue weighted by Crippen LogP contribution is -2.60. The van der Waals surface area contributed by atoms with Crippen molar-refractivity contribution in [2.75, 3.05) is 6.54 Å². The molecule has 184 valence electrons. The van der Waals surface area contributed by atoms with E-state index in [0.29, 0.717) is 25.4 Å². The van der Waals surface area contributed by atoms with Crippen LogP contribution in [0.4, 0.5) is 13.2 Å². The number of rotatable bonds is 5. The molecule has 2 bridgehead atoms. The first kappa shape index (κ1) is 23.3. The number of nitrogens with one attached hydrogen (secondary N) is 3. The maximum absolute atomic E-state index is 14.4. The van der Waals surface area contributed by atoms with E-state index in [9.17, 15) is 27.6 Å². The number of H-pyrrole nitrogens is 1. The summed E-state index contributed by atoms with van der Waals surface area (Å²) in [4.78, 5) is 43.0. The van der Waals surface area contributed by atoms with Crippen LogP contribution in [0.1, 0.15) is 50.3 Å². The van der Waals surface area contributed by atoms with Crippen molar-refractivity contribution in [2.24, 2.45) is 5.41 Å². The molecule has 0 spiro atoms. The lowest BCUT2D eigenvalue weighted by molar-refractivity contribution is -0.131. The van der Waals surface area contributed by atoms with Gasteiger partial charge in [0, 0.05) is 29.6 Å². The number of hydrogen-bond acceptors (Lipinski definition) is 4. The summed E-state index contributed by atoms with van der Waals surface area (Å²) in [5, 5.41) is 6.06. The quantitative estimate of drug-likeness (QED) is 0.517. The third-order valence-corrected chi connectivity index (χ3v) is 7.49. The van der Waals surface area contributed by atoms with Crippen LogP contribution in [0.5, 0.6) is 0 Å². The Morgan fingerprint density at radius 3 is 2.43 bits per heavy atom. The highest BCUT2D eigenvalue weighted by Crippen LogP contribution is 2.47. The molecule has 3 aliphatic rings. The summed E-state index contributed by atoms with van der Waals surface area (Å²) in [6.07, 6.45) is 2.77. The molecule has 0 radical (unpaired) electrons. The highest BCUT2D eigenvalue weighted by Gasteiger charge is 2.50. The molecule has 3 heterocycles. The van der Waals surface area contributed by atoms with E-state index in [1.807, 2.05) is 0 Å². The molecular weight excluding hydrogens is 461 g/mol. The number of aromatic nitrogens is 2. The second-order valence-corrected chi connectivity index (χ2v) is 9.61. The molecule has 2 aliphatic heterocycles. The molecule has 1 aliphatic carbocycles. The zero-order chi connectivity index (χ0) is 24.9. The highest BCUT2D eigenvalue weighted by atomic mass is 19.1. The number of amides is 1. The van der Waals surface area contributed by atoms with Crippen LogP contribution in [0.25, 0.3) is 10.9 Å². The Hall–Kier alpha value is -3.40. The van der Waals surface area contributed by atoms with Gasteiger partial charge in [0.2, 0.25) is 5.91 Å². The maximum atomic E-state index is 14.4. The summed E-state index contributed by atoms with van der Waals surface area (Å²) in [7, 11) is 0. The van der Waals surface area contributed by atoms with Crippen molar-refractivity contribution in [1.82, 2.24) is 20.2 Å². The molecule has 2 saturated heterocycles. The Morgan fingerprint density at radius 1 is 1.09 bits per heavy atom. The maximum Gasteiger partial charge on any atom is 0.329 e. The van der Waals surface area contributed by atoms with Crippen LogP contribution in [-0.4, -0.2) is 28.0 Å². The zero-order valence-electron chi connectivity index (χ0n) is 19.0. The predicted octanol–water partition coefficient (Wildman–Crippen LogP) is 3.06. The molecule has 6 rings (SSSR count). The molecule has 0 unspecified atom stereocenters. The predicted molar refractivity (Wildman–Crippen MR) is 123 cm³/mol. The fourth-order valence-electron chi connectivity index (χ4n) is 5.62. The fraction of sp³-hybridized carbons (Fsp3) is 0.400. The number of hydrogen-bond donors (Lipinski definition) is 3. The van der Waals surface area contributed by atoms with Crippen molar-refractivity contribution in [1.29, 1.82) is 0 Å². The van der Waals surface area contributed by atoms with Crippen molar-refractivity contribution in [3.05, 3.63) is 80.3 Å². The molecule has 3 aromatic rings. The largest absolute Gasteiger partial charge is 0.348 e. The summed E-state index contributed by atoms with van der Waals surface area (Å²) >= 11 is 0. The normalized spacial score (nSPS) is 23.3. The number of nitrogens with zero attached hydrogens (tertiary/aromatic N) is 1. The standard InChI is InChI=1S/C25H25F3N4O3/c1-13(17-4-2-15(27)11-19(17)28)30-22(33)21(25-8-6-16(7-9-25)29-12-25)32-23(34)18-10-14(26)3-5-20(18)31-24(32)35/h2-5,10-11,13,16,21,29H,6-9,12H2,1H3,(H,30,33)(H,31,35)/t13-,16?,21-,25?/m1/s1. The molecule has 3 N–H and O–H groups in total. The zero-order valence-corrected chi connectivity index (χ0v) is 19.0. The van der Waals surface area contributed by atoms with E-state index < -0.39 is 52.1 Å². The Balaban J connectivity index is 1.61. The molecule has 10 heteroatoms. The second kappa shape index (κ2) is 8.67. The Kier molecular flexibility index (Phi) is 5.79. The van der Waals surface area contributed by atoms with Crippen LogP contribution in [0.2, 0.25) is 0 Å². The molecule has 3 fully saturated rings. The third-order valence-electron chi connectivity index (χ3n) is 7.49. The van der Waals surface area contributed by atoms with Gasteiger partial charge in [0.25, 0.3) is 5.56 Å². The molecule has 1 aromatic heterocycles. The van der Waals surface area contributed by atoms with E-state index in [4.69, 9.17) is 0 Å². The van der Waals surface area contributed by atoms with Gasteiger partial charge in [0.05, 0.1) is 16.9 Å². The van der Waals surface area contributed by atoms with Crippen molar-refractivity contribution >= 4 is 16.8 Å². The average molecular weight is 486 g/mol. The first-order chi connectivity index (χ1) is 16.7. The summed E-state index contributed by atoms with van der Waals surface area (Å²) < 4.78 is 42.6. The van der Waals surface area contributed by atoms with Gasteiger partial charge in [-0.2, -0.15) is 0 Å². The van der Waals surface area contributed by atoms with Gasteiger partial charge in [0.1, 0.15) is 23.5 Å². The van der Waals surface area contributed by atoms with E-state index >= 15 is 0 Å². The minimum atomic E-state index is -1.22. The average Bonchev–Trinajstić information content (AvgIpc) is 2.83. The fourth-order valence-corrected chi connectivity index (χ4v) is 5.62. The van der Waals surface area contributed by atoms with Crippen LogP contribution >= 0.6 is 0 Å². The number of fused-ring (bicyclic) bond motifs is 4. The lowest BCUT2D eigenvalue weighted by atomic mass is 9.64. The summed E-state index contributed by atoms with van der Waals surface area (Å²) in [5.74, 6) is -2.84. The van der Waals surface area contributed by atoms with Crippen molar-refractivity contribution < 1.29 is 18.0 Å². The SMILES string of the molecule is C[C@@H](NC(=O)[C@@H](n1c(=O)[nH]c2ccc(F)cc2c1=O)C12CCC(CC1)NC2)c1ccc(F)cc1F. The number of carbonyl (C=O) groups excluding carboxylic acids is 1. The lowest BCUT2D eigenvalue weighted by Gasteiger charge is -2.50. The molecule has 2 aromatic carbocycles. The Labute approximate surface area is 198 Å². The van der Waals surface area contributed by atoms with Gasteiger partial charge >= 0.3 is 5.69 Å². The van der Waals surface area contributed by atoms with E-state index in [1.165, 1.54) is 12.1 Å². The molecule has 2 atom stereocenters. The van der Waals surface area contributed by atoms with Crippen molar-refractivity contribution in [2.45, 2.75) is 50.7 Å². The van der Waals surface area contributed by atoms with Gasteiger partial charge in [-0.1, -0.05) is 6.07 Å². The van der Waals surface area contributed by atoms with Crippen molar-refractivity contribution in [3.63, 3.8) is 0 Å². The Bertz CT molecular complexity index is 1410. The van der Waals surface area contributed by atoms with Crippen LogP contribution < -0.4 is 21.9 Å². The molecule has 35 heavy (non-hydrogen) atoms. The third kappa shape index (κ3) is 4.05. The van der Waals surface area contributed by atoms with Crippen LogP contribution in [0, 0.1) is 22.9 Å². The Morgan fingerprint density at radius 2 is 1.77 bits per heavy atom. The molecular formula is C25H25F3N4O3. The van der Waals surface area contributed by atoms with Gasteiger partial charge < -0.3 is 15.6 Å². The topological polar surface area (TPSA) is 96.0 Å². The molecule has 1 amide bonds. The minimum absolute atomic E-state index is 0.0473. The summed E-state index contributed by atoms with van der Waals surface area (Å²) in [6.45, 7) is 1.96. The molecule has 7 nitrogen and oxygen atoms in total. The first-order valence-electron chi connectivity index (χ1n) is 11.6. The van der Waals surface area contributed by atoms with Crippen LogP contribution in [0.3, 0.4) is 0 Å². The van der Waals surface area contributed by atoms with Gasteiger partial charge in [-0.05, 0) is 56.9 Å². The number of benzene rings is 2.